The van der Waals surface area contributed by atoms with E-state index in [1.54, 1.807) is 12.1 Å². The van der Waals surface area contributed by atoms with Crippen LogP contribution in [0, 0.1) is 13.8 Å². The molecule has 2 aliphatic rings. The molecule has 0 amide bonds. The number of alkyl halides is 4. The first-order chi connectivity index (χ1) is 23.7. The zero-order chi connectivity index (χ0) is 34.1. The molecule has 0 spiro atoms. The molecular formula is C39H39F4N3O3. The second-order valence-electron chi connectivity index (χ2n) is 12.9. The van der Waals surface area contributed by atoms with Crippen molar-refractivity contribution in [3.8, 4) is 45.2 Å². The average Bonchev–Trinajstić information content (AvgIpc) is 3.85. The molecule has 10 heteroatoms. The predicted molar refractivity (Wildman–Crippen MR) is 182 cm³/mol. The van der Waals surface area contributed by atoms with Crippen molar-refractivity contribution in [2.24, 2.45) is 0 Å². The summed E-state index contributed by atoms with van der Waals surface area (Å²) in [6.07, 6.45) is 4.38. The van der Waals surface area contributed by atoms with E-state index in [1.165, 1.54) is 6.07 Å². The van der Waals surface area contributed by atoms with E-state index in [9.17, 15) is 17.6 Å². The molecule has 2 aliphatic heterocycles. The summed E-state index contributed by atoms with van der Waals surface area (Å²) in [5.41, 5.74) is 8.67. The molecule has 0 N–H and O–H groups in total. The number of rotatable bonds is 11. The first-order valence-corrected chi connectivity index (χ1v) is 16.8. The van der Waals surface area contributed by atoms with Gasteiger partial charge in [0.25, 0.3) is 0 Å². The summed E-state index contributed by atoms with van der Waals surface area (Å²) in [7, 11) is 0. The summed E-state index contributed by atoms with van der Waals surface area (Å²) in [5, 5.41) is 0. The van der Waals surface area contributed by atoms with Crippen molar-refractivity contribution < 1.29 is 31.5 Å². The van der Waals surface area contributed by atoms with Gasteiger partial charge in [-0.3, -0.25) is 9.80 Å². The van der Waals surface area contributed by atoms with E-state index >= 15 is 0 Å². The van der Waals surface area contributed by atoms with E-state index in [2.05, 4.69) is 9.80 Å². The van der Waals surface area contributed by atoms with Crippen molar-refractivity contribution in [3.63, 3.8) is 0 Å². The molecule has 4 aromatic carbocycles. The first kappa shape index (κ1) is 33.1. The van der Waals surface area contributed by atoms with E-state index in [1.807, 2.05) is 62.4 Å². The van der Waals surface area contributed by atoms with E-state index in [0.29, 0.717) is 35.6 Å². The van der Waals surface area contributed by atoms with E-state index in [-0.39, 0.29) is 11.5 Å². The highest BCUT2D eigenvalue weighted by Gasteiger charge is 2.22. The van der Waals surface area contributed by atoms with Crippen molar-refractivity contribution in [2.45, 2.75) is 65.8 Å². The Labute approximate surface area is 283 Å². The van der Waals surface area contributed by atoms with Gasteiger partial charge in [0.2, 0.25) is 5.89 Å². The molecule has 0 bridgehead atoms. The number of hydrogen-bond acceptors (Lipinski definition) is 6. The largest absolute Gasteiger partial charge is 0.436 e. The van der Waals surface area contributed by atoms with Crippen molar-refractivity contribution in [1.82, 2.24) is 14.8 Å². The first-order valence-electron chi connectivity index (χ1n) is 16.8. The van der Waals surface area contributed by atoms with Crippen LogP contribution in [0.3, 0.4) is 0 Å². The summed E-state index contributed by atoms with van der Waals surface area (Å²) in [5.74, 6) is 0.678. The number of aromatic nitrogens is 1. The highest BCUT2D eigenvalue weighted by atomic mass is 19.3. The van der Waals surface area contributed by atoms with Crippen molar-refractivity contribution in [2.75, 3.05) is 26.2 Å². The Morgan fingerprint density at radius 1 is 0.653 bits per heavy atom. The van der Waals surface area contributed by atoms with E-state index in [4.69, 9.17) is 18.9 Å². The normalized spacial score (nSPS) is 15.7. The van der Waals surface area contributed by atoms with Crippen LogP contribution < -0.4 is 9.47 Å². The molecule has 2 fully saturated rings. The number of likely N-dealkylation sites (tertiary alicyclic amines) is 2. The quantitative estimate of drug-likeness (QED) is 0.130. The van der Waals surface area contributed by atoms with Crippen LogP contribution in [0.25, 0.3) is 44.8 Å². The molecule has 0 saturated carbocycles. The zero-order valence-corrected chi connectivity index (χ0v) is 27.7. The van der Waals surface area contributed by atoms with Crippen LogP contribution in [0.2, 0.25) is 0 Å². The summed E-state index contributed by atoms with van der Waals surface area (Å²) in [4.78, 5) is 9.27. The standard InChI is InChI=1S/C39H39F4N3O3/c1-24-29(26-13-14-27(22-45-15-3-4-16-45)34(20-26)48-38(40)41)9-7-10-30(24)31-11-8-12-32(25(31)2)37-44-33-19-28(23-46-17-5-6-18-46)35(49-39(42)43)21-36(33)47-37/h7-14,19-21,38-39H,3-6,15-18,22-23H2,1-2H3. The Balaban J connectivity index is 1.23. The van der Waals surface area contributed by atoms with Gasteiger partial charge in [-0.25, -0.2) is 4.98 Å². The molecule has 2 saturated heterocycles. The lowest BCUT2D eigenvalue weighted by atomic mass is 9.89. The van der Waals surface area contributed by atoms with Gasteiger partial charge in [0.05, 0.1) is 0 Å². The zero-order valence-electron chi connectivity index (χ0n) is 27.7. The van der Waals surface area contributed by atoms with Crippen LogP contribution in [-0.4, -0.2) is 54.2 Å². The molecule has 256 valence electrons. The van der Waals surface area contributed by atoms with Crippen molar-refractivity contribution in [3.05, 3.63) is 89.0 Å². The number of benzene rings is 4. The summed E-state index contributed by atoms with van der Waals surface area (Å²) in [6, 6.07) is 20.8. The van der Waals surface area contributed by atoms with E-state index in [0.717, 1.165) is 96.4 Å². The Morgan fingerprint density at radius 3 is 1.80 bits per heavy atom. The van der Waals surface area contributed by atoms with Crippen molar-refractivity contribution >= 4 is 11.1 Å². The second-order valence-corrected chi connectivity index (χ2v) is 12.9. The van der Waals surface area contributed by atoms with Gasteiger partial charge in [0, 0.05) is 35.8 Å². The molecule has 5 aromatic rings. The lowest BCUT2D eigenvalue weighted by Crippen LogP contribution is -2.19. The van der Waals surface area contributed by atoms with Crippen LogP contribution >= 0.6 is 0 Å². The molecule has 0 unspecified atom stereocenters. The Morgan fingerprint density at radius 2 is 1.18 bits per heavy atom. The molecule has 6 nitrogen and oxygen atoms in total. The third-order valence-corrected chi connectivity index (χ3v) is 9.75. The maximum Gasteiger partial charge on any atom is 0.387 e. The van der Waals surface area contributed by atoms with Gasteiger partial charge in [-0.15, -0.1) is 0 Å². The maximum atomic E-state index is 13.5. The van der Waals surface area contributed by atoms with Gasteiger partial charge in [-0.1, -0.05) is 42.5 Å². The lowest BCUT2D eigenvalue weighted by molar-refractivity contribution is -0.0513. The third-order valence-electron chi connectivity index (χ3n) is 9.75. The minimum absolute atomic E-state index is 0.0983. The Bertz CT molecular complexity index is 1950. The van der Waals surface area contributed by atoms with Gasteiger partial charge >= 0.3 is 13.2 Å². The number of ether oxygens (including phenoxy) is 2. The van der Waals surface area contributed by atoms with Gasteiger partial charge in [0.15, 0.2) is 5.58 Å². The van der Waals surface area contributed by atoms with Gasteiger partial charge in [-0.2, -0.15) is 17.6 Å². The minimum Gasteiger partial charge on any atom is -0.436 e. The van der Waals surface area contributed by atoms with E-state index < -0.39 is 13.2 Å². The number of halogens is 4. The van der Waals surface area contributed by atoms with Crippen molar-refractivity contribution in [1.29, 1.82) is 0 Å². The fourth-order valence-corrected chi connectivity index (χ4v) is 7.26. The summed E-state index contributed by atoms with van der Waals surface area (Å²) in [6.45, 7) is 2.95. The molecule has 7 rings (SSSR count). The fourth-order valence-electron chi connectivity index (χ4n) is 7.26. The number of nitrogens with zero attached hydrogens (tertiary/aromatic N) is 3. The monoisotopic (exact) mass is 673 g/mol. The topological polar surface area (TPSA) is 51.0 Å². The maximum absolute atomic E-state index is 13.5. The Kier molecular flexibility index (Phi) is 9.60. The highest BCUT2D eigenvalue weighted by Crippen LogP contribution is 2.39. The molecular weight excluding hydrogens is 634 g/mol. The molecule has 0 aliphatic carbocycles. The highest BCUT2D eigenvalue weighted by molar-refractivity contribution is 5.85. The number of oxazole rings is 1. The van der Waals surface area contributed by atoms with Crippen LogP contribution in [0.15, 0.2) is 71.1 Å². The SMILES string of the molecule is Cc1c(-c2ccc(CN3CCCC3)c(OC(F)F)c2)cccc1-c1cccc(-c2nc3cc(CN4CCCC4)c(OC(F)F)cc3o2)c1C. The fraction of sp³-hybridized carbons (Fsp3) is 0.359. The third kappa shape index (κ3) is 7.16. The second kappa shape index (κ2) is 14.2. The molecule has 3 heterocycles. The van der Waals surface area contributed by atoms with Gasteiger partial charge in [0.1, 0.15) is 17.0 Å². The van der Waals surface area contributed by atoms with Crippen LogP contribution in [0.4, 0.5) is 17.6 Å². The minimum atomic E-state index is -2.95. The smallest absolute Gasteiger partial charge is 0.387 e. The summed E-state index contributed by atoms with van der Waals surface area (Å²) >= 11 is 0. The lowest BCUT2D eigenvalue weighted by Gasteiger charge is -2.19. The molecule has 0 radical (unpaired) electrons. The average molecular weight is 674 g/mol. The molecule has 1 aromatic heterocycles. The summed E-state index contributed by atoms with van der Waals surface area (Å²) < 4.78 is 69.8. The predicted octanol–water partition coefficient (Wildman–Crippen LogP) is 9.84. The number of fused-ring (bicyclic) bond motifs is 1. The van der Waals surface area contributed by atoms with Gasteiger partial charge in [-0.05, 0) is 117 Å². The molecule has 49 heavy (non-hydrogen) atoms. The van der Waals surface area contributed by atoms with Crippen LogP contribution in [0.5, 0.6) is 11.5 Å². The van der Waals surface area contributed by atoms with Gasteiger partial charge < -0.3 is 13.9 Å². The Hall–Kier alpha value is -4.41. The molecule has 0 atom stereocenters. The number of hydrogen-bond donors (Lipinski definition) is 0. The van der Waals surface area contributed by atoms with Crippen LogP contribution in [-0.2, 0) is 13.1 Å². The van der Waals surface area contributed by atoms with Crippen LogP contribution in [0.1, 0.15) is 47.9 Å².